The van der Waals surface area contributed by atoms with Crippen LogP contribution in [0, 0.1) is 11.3 Å². The molecule has 1 saturated heterocycles. The largest absolute Gasteiger partial charge is 0.476 e. The van der Waals surface area contributed by atoms with E-state index in [1.165, 1.54) is 4.90 Å². The first-order valence-electron chi connectivity index (χ1n) is 8.68. The minimum absolute atomic E-state index is 0.0376. The van der Waals surface area contributed by atoms with E-state index in [2.05, 4.69) is 10.3 Å². The Morgan fingerprint density at radius 3 is 2.60 bits per heavy atom. The number of aromatic nitrogens is 1. The average molecular weight is 353 g/mol. The number of nitrogens with one attached hydrogen (secondary N) is 1. The van der Waals surface area contributed by atoms with Crippen molar-refractivity contribution >= 4 is 11.6 Å². The van der Waals surface area contributed by atoms with Gasteiger partial charge in [0.25, 0.3) is 11.8 Å². The Labute approximate surface area is 146 Å². The summed E-state index contributed by atoms with van der Waals surface area (Å²) >= 11 is 0. The quantitative estimate of drug-likeness (QED) is 0.854. The van der Waals surface area contributed by atoms with Gasteiger partial charge in [-0.2, -0.15) is 0 Å². The van der Waals surface area contributed by atoms with Crippen molar-refractivity contribution in [1.82, 2.24) is 10.3 Å². The molecule has 2 heterocycles. The normalized spacial score (nSPS) is 19.3. The van der Waals surface area contributed by atoms with E-state index in [9.17, 15) is 13.6 Å². The first-order valence-corrected chi connectivity index (χ1v) is 8.68. The Kier molecular flexibility index (Phi) is 4.60. The van der Waals surface area contributed by atoms with E-state index in [4.69, 9.17) is 4.74 Å². The zero-order chi connectivity index (χ0) is 18.2. The summed E-state index contributed by atoms with van der Waals surface area (Å²) in [4.78, 5) is 18.1. The van der Waals surface area contributed by atoms with Crippen molar-refractivity contribution in [2.45, 2.75) is 39.5 Å². The second-order valence-corrected chi connectivity index (χ2v) is 8.23. The van der Waals surface area contributed by atoms with Gasteiger partial charge in [-0.25, -0.2) is 13.8 Å². The van der Waals surface area contributed by atoms with Gasteiger partial charge in [-0.15, -0.1) is 0 Å². The lowest BCUT2D eigenvalue weighted by molar-refractivity contribution is -0.0265. The molecule has 2 fully saturated rings. The Morgan fingerprint density at radius 2 is 2.04 bits per heavy atom. The minimum atomic E-state index is -2.67. The van der Waals surface area contributed by atoms with Crippen LogP contribution < -0.4 is 15.0 Å². The molecular formula is C18H25F2N3O2. The van der Waals surface area contributed by atoms with Gasteiger partial charge in [0.1, 0.15) is 11.4 Å². The van der Waals surface area contributed by atoms with E-state index >= 15 is 0 Å². The Balaban J connectivity index is 1.73. The van der Waals surface area contributed by atoms with Crippen LogP contribution in [-0.2, 0) is 0 Å². The van der Waals surface area contributed by atoms with Gasteiger partial charge in [0.15, 0.2) is 0 Å². The summed E-state index contributed by atoms with van der Waals surface area (Å²) < 4.78 is 32.1. The second-order valence-electron chi connectivity index (χ2n) is 8.23. The van der Waals surface area contributed by atoms with Crippen LogP contribution in [0.4, 0.5) is 14.5 Å². The lowest BCUT2D eigenvalue weighted by Crippen LogP contribution is -2.56. The van der Waals surface area contributed by atoms with E-state index in [1.807, 2.05) is 20.8 Å². The van der Waals surface area contributed by atoms with Crippen molar-refractivity contribution in [3.63, 3.8) is 0 Å². The highest BCUT2D eigenvalue weighted by atomic mass is 19.3. The van der Waals surface area contributed by atoms with Crippen LogP contribution in [0.25, 0.3) is 0 Å². The third kappa shape index (κ3) is 4.80. The predicted molar refractivity (Wildman–Crippen MR) is 91.4 cm³/mol. The van der Waals surface area contributed by atoms with E-state index in [1.54, 1.807) is 12.1 Å². The molecule has 1 aliphatic carbocycles. The van der Waals surface area contributed by atoms with E-state index < -0.39 is 5.92 Å². The van der Waals surface area contributed by atoms with Crippen molar-refractivity contribution in [3.05, 3.63) is 17.8 Å². The SMILES string of the molecule is CC(C)(C)CNC(=O)c1ccc(N2CC(F)(F)C2)c(OCC2CC2)n1. The maximum Gasteiger partial charge on any atom is 0.282 e. The molecule has 1 amide bonds. The van der Waals surface area contributed by atoms with Crippen molar-refractivity contribution in [2.75, 3.05) is 31.1 Å². The van der Waals surface area contributed by atoms with Crippen LogP contribution in [0.3, 0.4) is 0 Å². The highest BCUT2D eigenvalue weighted by Crippen LogP contribution is 2.37. The number of carbonyl (C=O) groups is 1. The van der Waals surface area contributed by atoms with E-state index in [-0.39, 0.29) is 36.0 Å². The number of nitrogens with zero attached hydrogens (tertiary/aromatic N) is 2. The van der Waals surface area contributed by atoms with Gasteiger partial charge in [-0.1, -0.05) is 20.8 Å². The van der Waals surface area contributed by atoms with Gasteiger partial charge in [0.2, 0.25) is 5.88 Å². The molecule has 1 aromatic heterocycles. The fourth-order valence-corrected chi connectivity index (χ4v) is 2.51. The third-order valence-electron chi connectivity index (χ3n) is 4.19. The van der Waals surface area contributed by atoms with E-state index in [0.29, 0.717) is 24.8 Å². The van der Waals surface area contributed by atoms with Crippen molar-refractivity contribution in [3.8, 4) is 5.88 Å². The molecular weight excluding hydrogens is 328 g/mol. The summed E-state index contributed by atoms with van der Waals surface area (Å²) in [5, 5.41) is 2.84. The lowest BCUT2D eigenvalue weighted by Gasteiger charge is -2.40. The molecule has 1 aromatic rings. The number of hydrogen-bond donors (Lipinski definition) is 1. The molecule has 0 spiro atoms. The summed E-state index contributed by atoms with van der Waals surface area (Å²) in [5.74, 6) is -2.18. The number of rotatable bonds is 6. The molecule has 0 bridgehead atoms. The molecule has 3 rings (SSSR count). The first-order chi connectivity index (χ1) is 11.6. The molecule has 25 heavy (non-hydrogen) atoms. The minimum Gasteiger partial charge on any atom is -0.476 e. The number of alkyl halides is 2. The fourth-order valence-electron chi connectivity index (χ4n) is 2.51. The molecule has 1 saturated carbocycles. The third-order valence-corrected chi connectivity index (χ3v) is 4.19. The summed E-state index contributed by atoms with van der Waals surface area (Å²) in [6.45, 7) is 6.42. The van der Waals surface area contributed by atoms with Crippen LogP contribution in [0.2, 0.25) is 0 Å². The van der Waals surface area contributed by atoms with Gasteiger partial charge >= 0.3 is 0 Å². The van der Waals surface area contributed by atoms with E-state index in [0.717, 1.165) is 12.8 Å². The molecule has 7 heteroatoms. The Hall–Kier alpha value is -1.92. The lowest BCUT2D eigenvalue weighted by atomic mass is 9.97. The van der Waals surface area contributed by atoms with Gasteiger partial charge < -0.3 is 15.0 Å². The Morgan fingerprint density at radius 1 is 1.36 bits per heavy atom. The molecule has 5 nitrogen and oxygen atoms in total. The number of amides is 1. The number of ether oxygens (including phenoxy) is 1. The Bertz CT molecular complexity index is 646. The second kappa shape index (κ2) is 6.42. The summed E-state index contributed by atoms with van der Waals surface area (Å²) in [7, 11) is 0. The molecule has 0 unspecified atom stereocenters. The van der Waals surface area contributed by atoms with Gasteiger partial charge in [-0.05, 0) is 36.3 Å². The van der Waals surface area contributed by atoms with Crippen LogP contribution >= 0.6 is 0 Å². The van der Waals surface area contributed by atoms with Crippen LogP contribution in [0.5, 0.6) is 5.88 Å². The molecule has 1 N–H and O–H groups in total. The monoisotopic (exact) mass is 353 g/mol. The molecule has 138 valence electrons. The predicted octanol–water partition coefficient (Wildman–Crippen LogP) is 3.10. The topological polar surface area (TPSA) is 54.5 Å². The average Bonchev–Trinajstić information content (AvgIpc) is 3.31. The van der Waals surface area contributed by atoms with Crippen molar-refractivity contribution in [1.29, 1.82) is 0 Å². The molecule has 0 radical (unpaired) electrons. The zero-order valence-electron chi connectivity index (χ0n) is 14.9. The number of pyridine rings is 1. The van der Waals surface area contributed by atoms with Crippen LogP contribution in [0.15, 0.2) is 12.1 Å². The highest BCUT2D eigenvalue weighted by molar-refractivity contribution is 5.92. The maximum atomic E-state index is 13.2. The molecule has 0 atom stereocenters. The molecule has 0 aromatic carbocycles. The first kappa shape index (κ1) is 17.9. The highest BCUT2D eigenvalue weighted by Gasteiger charge is 2.45. The number of carbonyl (C=O) groups excluding carboxylic acids is 1. The maximum absolute atomic E-state index is 13.2. The van der Waals surface area contributed by atoms with Crippen LogP contribution in [0.1, 0.15) is 44.1 Å². The number of halogens is 2. The number of anilines is 1. The summed E-state index contributed by atoms with van der Waals surface area (Å²) in [5.41, 5.74) is 0.731. The standard InChI is InChI=1S/C18H25F2N3O2/c1-17(2,3)9-21-15(24)13-6-7-14(23-10-18(19,20)11-23)16(22-13)25-8-12-4-5-12/h6-7,12H,4-5,8-11H2,1-3H3,(H,21,24). The van der Waals surface area contributed by atoms with Crippen molar-refractivity contribution in [2.24, 2.45) is 11.3 Å². The summed E-state index contributed by atoms with van der Waals surface area (Å²) in [6.07, 6.45) is 2.23. The molecule has 2 aliphatic rings. The van der Waals surface area contributed by atoms with Crippen molar-refractivity contribution < 1.29 is 18.3 Å². The smallest absolute Gasteiger partial charge is 0.282 e. The molecule has 1 aliphatic heterocycles. The summed E-state index contributed by atoms with van der Waals surface area (Å²) in [6, 6.07) is 3.21. The van der Waals surface area contributed by atoms with Gasteiger partial charge in [0.05, 0.1) is 19.7 Å². The zero-order valence-corrected chi connectivity index (χ0v) is 14.9. The number of hydrogen-bond acceptors (Lipinski definition) is 4. The fraction of sp³-hybridized carbons (Fsp3) is 0.667. The van der Waals surface area contributed by atoms with Gasteiger partial charge in [-0.3, -0.25) is 4.79 Å². The van der Waals surface area contributed by atoms with Gasteiger partial charge in [0, 0.05) is 6.54 Å². The van der Waals surface area contributed by atoms with Crippen LogP contribution in [-0.4, -0.2) is 43.1 Å².